The molecule has 4 rings (SSSR count). The van der Waals surface area contributed by atoms with E-state index in [1.165, 1.54) is 0 Å². The average molecular weight is 449 g/mol. The van der Waals surface area contributed by atoms with E-state index in [2.05, 4.69) is 15.1 Å². The fraction of sp³-hybridized carbons (Fsp3) is 0.360. The molecule has 33 heavy (non-hydrogen) atoms. The number of nitrogens with zero attached hydrogens (tertiary/aromatic N) is 4. The molecular weight excluding hydrogens is 420 g/mol. The van der Waals surface area contributed by atoms with Gasteiger partial charge in [-0.05, 0) is 44.9 Å². The van der Waals surface area contributed by atoms with Crippen molar-refractivity contribution in [1.82, 2.24) is 9.47 Å². The Hall–Kier alpha value is -3.52. The Bertz CT molecular complexity index is 1180. The van der Waals surface area contributed by atoms with E-state index in [-0.39, 0.29) is 23.5 Å². The van der Waals surface area contributed by atoms with Gasteiger partial charge < -0.3 is 9.84 Å². The topological polar surface area (TPSA) is 96.5 Å². The van der Waals surface area contributed by atoms with Crippen LogP contribution in [0.1, 0.15) is 35.7 Å². The Morgan fingerprint density at radius 1 is 1.09 bits per heavy atom. The predicted octanol–water partition coefficient (Wildman–Crippen LogP) is 4.81. The minimum Gasteiger partial charge on any atom is -0.493 e. The van der Waals surface area contributed by atoms with Gasteiger partial charge in [-0.1, -0.05) is 35.9 Å². The molecule has 0 atom stereocenters. The summed E-state index contributed by atoms with van der Waals surface area (Å²) < 4.78 is 6.91. The Labute approximate surface area is 192 Å². The summed E-state index contributed by atoms with van der Waals surface area (Å²) in [5, 5.41) is 19.7. The van der Waals surface area contributed by atoms with Gasteiger partial charge in [0, 0.05) is 24.0 Å². The molecule has 0 radical (unpaired) electrons. The number of likely N-dealkylation sites (tertiary alicyclic amines) is 1. The van der Waals surface area contributed by atoms with Gasteiger partial charge in [0.15, 0.2) is 5.69 Å². The quantitative estimate of drug-likeness (QED) is 0.431. The molecule has 0 saturated carbocycles. The Kier molecular flexibility index (Phi) is 6.84. The molecule has 1 amide bonds. The summed E-state index contributed by atoms with van der Waals surface area (Å²) in [7, 11) is 0. The van der Waals surface area contributed by atoms with Crippen LogP contribution in [0.3, 0.4) is 0 Å². The second kappa shape index (κ2) is 9.95. The summed E-state index contributed by atoms with van der Waals surface area (Å²) >= 11 is 0. The van der Waals surface area contributed by atoms with Crippen molar-refractivity contribution < 1.29 is 19.4 Å². The second-order valence-electron chi connectivity index (χ2n) is 8.27. The third-order valence-electron chi connectivity index (χ3n) is 6.01. The number of aromatic nitrogens is 1. The van der Waals surface area contributed by atoms with E-state index >= 15 is 0 Å². The minimum absolute atomic E-state index is 0.0378. The van der Waals surface area contributed by atoms with E-state index in [4.69, 9.17) is 4.74 Å². The van der Waals surface area contributed by atoms with E-state index in [0.29, 0.717) is 18.8 Å². The zero-order valence-corrected chi connectivity index (χ0v) is 18.9. The van der Waals surface area contributed by atoms with Gasteiger partial charge in [0.05, 0.1) is 24.7 Å². The molecule has 0 unspecified atom stereocenters. The van der Waals surface area contributed by atoms with Gasteiger partial charge in [-0.3, -0.25) is 19.1 Å². The van der Waals surface area contributed by atoms with E-state index < -0.39 is 5.91 Å². The summed E-state index contributed by atoms with van der Waals surface area (Å²) in [6.07, 6.45) is 1.44. The monoisotopic (exact) mass is 448 g/mol. The van der Waals surface area contributed by atoms with Gasteiger partial charge in [0.25, 0.3) is 5.91 Å². The van der Waals surface area contributed by atoms with Gasteiger partial charge in [0.2, 0.25) is 5.88 Å². The second-order valence-corrected chi connectivity index (χ2v) is 8.27. The molecule has 8 heteroatoms. The number of rotatable bonds is 6. The Morgan fingerprint density at radius 3 is 2.48 bits per heavy atom. The highest BCUT2D eigenvalue weighted by molar-refractivity contribution is 5.97. The van der Waals surface area contributed by atoms with Crippen LogP contribution in [0.25, 0.3) is 10.9 Å². The number of aryl methyl sites for hydroxylation is 1. The first-order chi connectivity index (χ1) is 16.0. The van der Waals surface area contributed by atoms with Crippen LogP contribution in [0.4, 0.5) is 5.69 Å². The zero-order chi connectivity index (χ0) is 23.4. The number of aromatic hydroxyl groups is 1. The van der Waals surface area contributed by atoms with Crippen LogP contribution >= 0.6 is 0 Å². The van der Waals surface area contributed by atoms with Crippen LogP contribution in [0.15, 0.2) is 58.8 Å². The molecule has 1 N–H and O–H groups in total. The number of hydrogen-bond donors (Lipinski definition) is 1. The number of fused-ring (bicyclic) bond motifs is 1. The van der Waals surface area contributed by atoms with Crippen molar-refractivity contribution in [1.29, 1.82) is 0 Å². The maximum atomic E-state index is 12.4. The maximum absolute atomic E-state index is 12.4. The molecule has 0 spiro atoms. The third kappa shape index (κ3) is 4.96. The third-order valence-corrected chi connectivity index (χ3v) is 6.01. The van der Waals surface area contributed by atoms with Crippen molar-refractivity contribution >= 4 is 28.5 Å². The van der Waals surface area contributed by atoms with Gasteiger partial charge in [-0.15, -0.1) is 10.2 Å². The van der Waals surface area contributed by atoms with Crippen LogP contribution < -0.4 is 0 Å². The molecule has 2 heterocycles. The number of carbonyl (C=O) groups excluding carboxylic acids is 2. The number of para-hydroxylation sites is 1. The van der Waals surface area contributed by atoms with Gasteiger partial charge in [-0.2, -0.15) is 0 Å². The van der Waals surface area contributed by atoms with Crippen molar-refractivity contribution in [2.24, 2.45) is 16.1 Å². The molecule has 8 nitrogen and oxygen atoms in total. The van der Waals surface area contributed by atoms with Gasteiger partial charge in [0.1, 0.15) is 0 Å². The summed E-state index contributed by atoms with van der Waals surface area (Å²) in [4.78, 5) is 26.6. The summed E-state index contributed by atoms with van der Waals surface area (Å²) in [5.74, 6) is -0.711. The van der Waals surface area contributed by atoms with Crippen molar-refractivity contribution in [2.45, 2.75) is 33.4 Å². The number of carbonyl (C=O) groups is 2. The molecular formula is C25H28N4O4. The molecule has 1 fully saturated rings. The Morgan fingerprint density at radius 2 is 1.79 bits per heavy atom. The SMILES string of the molecule is CCOC(=O)C1CCN(Cn2c(O)c(N=NC(=O)c3ccc(C)cc3)c3ccccc32)CC1. The molecule has 1 aliphatic heterocycles. The lowest BCUT2D eigenvalue weighted by molar-refractivity contribution is -0.149. The van der Waals surface area contributed by atoms with E-state index in [1.54, 1.807) is 16.7 Å². The molecule has 3 aromatic rings. The van der Waals surface area contributed by atoms with Crippen molar-refractivity contribution in [2.75, 3.05) is 19.7 Å². The number of hydrogen-bond acceptors (Lipinski definition) is 6. The van der Waals surface area contributed by atoms with E-state index in [0.717, 1.165) is 42.4 Å². The van der Waals surface area contributed by atoms with Crippen LogP contribution in [-0.4, -0.2) is 46.1 Å². The lowest BCUT2D eigenvalue weighted by Gasteiger charge is -2.31. The summed E-state index contributed by atoms with van der Waals surface area (Å²) in [5.41, 5.74) is 2.57. The predicted molar refractivity (Wildman–Crippen MR) is 125 cm³/mol. The molecule has 1 aromatic heterocycles. The van der Waals surface area contributed by atoms with Gasteiger partial charge >= 0.3 is 5.97 Å². The fourth-order valence-corrected chi connectivity index (χ4v) is 4.13. The lowest BCUT2D eigenvalue weighted by Crippen LogP contribution is -2.37. The molecule has 1 saturated heterocycles. The van der Waals surface area contributed by atoms with Crippen LogP contribution in [0, 0.1) is 12.8 Å². The first-order valence-corrected chi connectivity index (χ1v) is 11.2. The first kappa shape index (κ1) is 22.7. The van der Waals surface area contributed by atoms with Crippen LogP contribution in [0.5, 0.6) is 5.88 Å². The van der Waals surface area contributed by atoms with Crippen molar-refractivity contribution in [3.8, 4) is 5.88 Å². The minimum atomic E-state index is -0.465. The standard InChI is InChI=1S/C25H28N4O4/c1-3-33-25(32)19-12-14-28(15-13-19)16-29-21-7-5-4-6-20(21)22(24(29)31)26-27-23(30)18-10-8-17(2)9-11-18/h4-11,19,31H,3,12-16H2,1-2H3. The van der Waals surface area contributed by atoms with Crippen LogP contribution in [0.2, 0.25) is 0 Å². The molecule has 2 aromatic carbocycles. The van der Waals surface area contributed by atoms with Crippen molar-refractivity contribution in [3.63, 3.8) is 0 Å². The van der Waals surface area contributed by atoms with E-state index in [9.17, 15) is 14.7 Å². The number of esters is 1. The number of amides is 1. The fourth-order valence-electron chi connectivity index (χ4n) is 4.13. The van der Waals surface area contributed by atoms with E-state index in [1.807, 2.05) is 50.2 Å². The zero-order valence-electron chi connectivity index (χ0n) is 18.9. The first-order valence-electron chi connectivity index (χ1n) is 11.2. The highest BCUT2D eigenvalue weighted by Crippen LogP contribution is 2.39. The maximum Gasteiger partial charge on any atom is 0.309 e. The highest BCUT2D eigenvalue weighted by Gasteiger charge is 2.27. The summed E-state index contributed by atoms with van der Waals surface area (Å²) in [6.45, 7) is 6.05. The number of azo groups is 1. The number of piperidine rings is 1. The van der Waals surface area contributed by atoms with Gasteiger partial charge in [-0.25, -0.2) is 0 Å². The molecule has 0 bridgehead atoms. The van der Waals surface area contributed by atoms with Crippen LogP contribution in [-0.2, 0) is 16.2 Å². The highest BCUT2D eigenvalue weighted by atomic mass is 16.5. The number of ether oxygens (including phenoxy) is 1. The lowest BCUT2D eigenvalue weighted by atomic mass is 9.97. The molecule has 1 aliphatic rings. The molecule has 0 aliphatic carbocycles. The largest absolute Gasteiger partial charge is 0.493 e. The van der Waals surface area contributed by atoms with Crippen molar-refractivity contribution in [3.05, 3.63) is 59.7 Å². The smallest absolute Gasteiger partial charge is 0.309 e. The molecule has 172 valence electrons. The Balaban J connectivity index is 1.53. The number of benzene rings is 2. The normalized spacial score (nSPS) is 15.3. The average Bonchev–Trinajstić information content (AvgIpc) is 3.09. The summed E-state index contributed by atoms with van der Waals surface area (Å²) in [6, 6.07) is 14.6.